The minimum Gasteiger partial charge on any atom is -0.352 e. The Morgan fingerprint density at radius 2 is 1.68 bits per heavy atom. The Bertz CT molecular complexity index is 797. The molecule has 1 N–H and O–H groups in total. The number of carbonyl (C=O) groups excluding carboxylic acids is 2. The number of nitrogens with zero attached hydrogens (tertiary/aromatic N) is 1. The lowest BCUT2D eigenvalue weighted by Gasteiger charge is -2.40. The van der Waals surface area contributed by atoms with Gasteiger partial charge >= 0.3 is 0 Å². The quantitative estimate of drug-likeness (QED) is 0.798. The van der Waals surface area contributed by atoms with Crippen molar-refractivity contribution in [3.63, 3.8) is 0 Å². The number of halogens is 1. The van der Waals surface area contributed by atoms with Gasteiger partial charge in [-0.05, 0) is 56.1 Å². The molecule has 0 aromatic heterocycles. The van der Waals surface area contributed by atoms with Gasteiger partial charge in [0.05, 0.1) is 5.41 Å². The van der Waals surface area contributed by atoms with Crippen LogP contribution in [-0.4, -0.2) is 36.2 Å². The highest BCUT2D eigenvalue weighted by Crippen LogP contribution is 2.36. The number of hydrogen-bond donors (Lipinski definition) is 1. The van der Waals surface area contributed by atoms with Crippen LogP contribution < -0.4 is 5.32 Å². The van der Waals surface area contributed by atoms with Gasteiger partial charge in [-0.15, -0.1) is 0 Å². The molecular weight excluding hydrogens is 355 g/mol. The van der Waals surface area contributed by atoms with Crippen molar-refractivity contribution in [2.24, 2.45) is 0 Å². The normalized spacial score (nSPS) is 16.5. The molecule has 28 heavy (non-hydrogen) atoms. The number of carbonyl (C=O) groups is 2. The highest BCUT2D eigenvalue weighted by molar-refractivity contribution is 5.88. The lowest BCUT2D eigenvalue weighted by molar-refractivity contribution is -0.125. The van der Waals surface area contributed by atoms with Gasteiger partial charge < -0.3 is 10.2 Å². The number of Topliss-reactive ketones (excluding diaryl/α,β-unsaturated/α-hetero) is 1. The van der Waals surface area contributed by atoms with E-state index in [4.69, 9.17) is 0 Å². The van der Waals surface area contributed by atoms with Gasteiger partial charge in [-0.1, -0.05) is 42.5 Å². The number of rotatable bonds is 7. The van der Waals surface area contributed by atoms with Crippen molar-refractivity contribution in [1.82, 2.24) is 10.2 Å². The molecule has 1 saturated heterocycles. The Morgan fingerprint density at radius 1 is 1.04 bits per heavy atom. The van der Waals surface area contributed by atoms with Gasteiger partial charge in [0, 0.05) is 19.5 Å². The average Bonchev–Trinajstić information content (AvgIpc) is 2.72. The van der Waals surface area contributed by atoms with Crippen LogP contribution in [0.1, 0.15) is 37.3 Å². The first-order valence-corrected chi connectivity index (χ1v) is 9.80. The number of nitrogens with one attached hydrogen (secondary N) is 1. The van der Waals surface area contributed by atoms with E-state index in [1.807, 2.05) is 30.3 Å². The molecule has 1 fully saturated rings. The Balaban J connectivity index is 1.46. The molecule has 1 amide bonds. The zero-order valence-electron chi connectivity index (χ0n) is 16.3. The first-order valence-electron chi connectivity index (χ1n) is 9.80. The molecule has 1 heterocycles. The fraction of sp³-hybridized carbons (Fsp3) is 0.391. The highest BCUT2D eigenvalue weighted by atomic mass is 19.1. The molecule has 0 aliphatic carbocycles. The van der Waals surface area contributed by atoms with Crippen molar-refractivity contribution in [1.29, 1.82) is 0 Å². The van der Waals surface area contributed by atoms with Crippen LogP contribution in [0, 0.1) is 5.82 Å². The molecular formula is C23H27FN2O2. The molecule has 0 radical (unpaired) electrons. The second-order valence-electron chi connectivity index (χ2n) is 7.50. The van der Waals surface area contributed by atoms with E-state index >= 15 is 0 Å². The number of piperidine rings is 1. The predicted molar refractivity (Wildman–Crippen MR) is 107 cm³/mol. The zero-order chi connectivity index (χ0) is 20.0. The van der Waals surface area contributed by atoms with E-state index in [-0.39, 0.29) is 17.5 Å². The van der Waals surface area contributed by atoms with Crippen LogP contribution in [0.15, 0.2) is 54.6 Å². The minimum absolute atomic E-state index is 0.0178. The van der Waals surface area contributed by atoms with Gasteiger partial charge in [-0.25, -0.2) is 4.39 Å². The van der Waals surface area contributed by atoms with Gasteiger partial charge in [0.25, 0.3) is 0 Å². The van der Waals surface area contributed by atoms with Gasteiger partial charge in [-0.3, -0.25) is 9.59 Å². The standard InChI is InChI=1S/C23H27FN2O2/c1-18(27)23(20-5-3-2-4-6-20)12-15-26(16-13-23)14-11-22(28)25-17-19-7-9-21(24)10-8-19/h2-10H,11-17H2,1H3,(H,25,28). The maximum Gasteiger partial charge on any atom is 0.221 e. The summed E-state index contributed by atoms with van der Waals surface area (Å²) >= 11 is 0. The maximum atomic E-state index is 12.9. The molecule has 0 spiro atoms. The maximum absolute atomic E-state index is 12.9. The van der Waals surface area contributed by atoms with Crippen LogP contribution in [-0.2, 0) is 21.5 Å². The van der Waals surface area contributed by atoms with Crippen LogP contribution >= 0.6 is 0 Å². The van der Waals surface area contributed by atoms with Crippen LogP contribution in [0.4, 0.5) is 4.39 Å². The summed E-state index contributed by atoms with van der Waals surface area (Å²) < 4.78 is 12.9. The van der Waals surface area contributed by atoms with E-state index in [2.05, 4.69) is 10.2 Å². The van der Waals surface area contributed by atoms with Crippen LogP contribution in [0.2, 0.25) is 0 Å². The van der Waals surface area contributed by atoms with E-state index < -0.39 is 5.41 Å². The first-order chi connectivity index (χ1) is 13.5. The molecule has 1 aliphatic heterocycles. The SMILES string of the molecule is CC(=O)C1(c2ccccc2)CCN(CCC(=O)NCc2ccc(F)cc2)CC1. The van der Waals surface area contributed by atoms with Gasteiger partial charge in [0.15, 0.2) is 0 Å². The molecule has 5 heteroatoms. The topological polar surface area (TPSA) is 49.4 Å². The third-order valence-corrected chi connectivity index (χ3v) is 5.77. The lowest BCUT2D eigenvalue weighted by Crippen LogP contribution is -2.47. The highest BCUT2D eigenvalue weighted by Gasteiger charge is 2.40. The van der Waals surface area contributed by atoms with E-state index in [0.29, 0.717) is 19.5 Å². The summed E-state index contributed by atoms with van der Waals surface area (Å²) in [6, 6.07) is 16.1. The number of amides is 1. The minimum atomic E-state index is -0.400. The molecule has 3 rings (SSSR count). The second-order valence-corrected chi connectivity index (χ2v) is 7.50. The summed E-state index contributed by atoms with van der Waals surface area (Å²) in [5.41, 5.74) is 1.57. The Kier molecular flexibility index (Phi) is 6.57. The third-order valence-electron chi connectivity index (χ3n) is 5.77. The fourth-order valence-corrected chi connectivity index (χ4v) is 3.91. The van der Waals surface area contributed by atoms with E-state index in [0.717, 1.165) is 37.1 Å². The predicted octanol–water partition coefficient (Wildman–Crippen LogP) is 3.45. The van der Waals surface area contributed by atoms with Gasteiger partial charge in [0.2, 0.25) is 5.91 Å². The van der Waals surface area contributed by atoms with Gasteiger partial charge in [-0.2, -0.15) is 0 Å². The summed E-state index contributed by atoms with van der Waals surface area (Å²) in [6.07, 6.45) is 1.98. The van der Waals surface area contributed by atoms with Crippen molar-refractivity contribution in [2.45, 2.75) is 38.1 Å². The van der Waals surface area contributed by atoms with Crippen molar-refractivity contribution in [3.05, 3.63) is 71.5 Å². The molecule has 0 unspecified atom stereocenters. The zero-order valence-corrected chi connectivity index (χ0v) is 16.3. The number of ketones is 1. The van der Waals surface area contributed by atoms with Crippen LogP contribution in [0.5, 0.6) is 0 Å². The van der Waals surface area contributed by atoms with Gasteiger partial charge in [0.1, 0.15) is 11.6 Å². The van der Waals surface area contributed by atoms with Crippen LogP contribution in [0.25, 0.3) is 0 Å². The Morgan fingerprint density at radius 3 is 2.29 bits per heavy atom. The smallest absolute Gasteiger partial charge is 0.221 e. The second kappa shape index (κ2) is 9.11. The summed E-state index contributed by atoms with van der Waals surface area (Å²) in [5.74, 6) is -0.0801. The molecule has 4 nitrogen and oxygen atoms in total. The summed E-state index contributed by atoms with van der Waals surface area (Å²) in [4.78, 5) is 26.8. The van der Waals surface area contributed by atoms with Crippen LogP contribution in [0.3, 0.4) is 0 Å². The molecule has 0 atom stereocenters. The number of hydrogen-bond acceptors (Lipinski definition) is 3. The van der Waals surface area contributed by atoms with Crippen molar-refractivity contribution >= 4 is 11.7 Å². The Labute approximate surface area is 165 Å². The molecule has 1 aliphatic rings. The van der Waals surface area contributed by atoms with E-state index in [1.165, 1.54) is 12.1 Å². The molecule has 2 aromatic carbocycles. The number of likely N-dealkylation sites (tertiary alicyclic amines) is 1. The molecule has 2 aromatic rings. The summed E-state index contributed by atoms with van der Waals surface area (Å²) in [7, 11) is 0. The Hall–Kier alpha value is -2.53. The van der Waals surface area contributed by atoms with Crippen molar-refractivity contribution in [3.8, 4) is 0 Å². The molecule has 148 valence electrons. The van der Waals surface area contributed by atoms with Crippen molar-refractivity contribution < 1.29 is 14.0 Å². The fourth-order valence-electron chi connectivity index (χ4n) is 3.91. The van der Waals surface area contributed by atoms with E-state index in [1.54, 1.807) is 19.1 Å². The largest absolute Gasteiger partial charge is 0.352 e. The molecule has 0 saturated carbocycles. The lowest BCUT2D eigenvalue weighted by atomic mass is 9.70. The first kappa shape index (κ1) is 20.2. The van der Waals surface area contributed by atoms with E-state index in [9.17, 15) is 14.0 Å². The number of benzene rings is 2. The average molecular weight is 382 g/mol. The van der Waals surface area contributed by atoms with Crippen molar-refractivity contribution in [2.75, 3.05) is 19.6 Å². The summed E-state index contributed by atoms with van der Waals surface area (Å²) in [5, 5.41) is 2.88. The third kappa shape index (κ3) is 4.84. The summed E-state index contributed by atoms with van der Waals surface area (Å²) in [6.45, 7) is 4.38. The monoisotopic (exact) mass is 382 g/mol. The molecule has 0 bridgehead atoms.